The van der Waals surface area contributed by atoms with Crippen molar-refractivity contribution >= 4 is 0 Å². The molecule has 1 atom stereocenters. The van der Waals surface area contributed by atoms with E-state index in [2.05, 4.69) is 54.6 Å². The lowest BCUT2D eigenvalue weighted by Crippen LogP contribution is -2.27. The Balaban J connectivity index is 1.85. The highest BCUT2D eigenvalue weighted by molar-refractivity contribution is 5.17. The first-order valence-electron chi connectivity index (χ1n) is 6.41. The first-order valence-corrected chi connectivity index (χ1v) is 6.41. The third kappa shape index (κ3) is 3.20. The molecule has 0 fully saturated rings. The zero-order chi connectivity index (χ0) is 13.0. The van der Waals surface area contributed by atoms with E-state index in [1.807, 2.05) is 17.9 Å². The molecule has 18 heavy (non-hydrogen) atoms. The van der Waals surface area contributed by atoms with Gasteiger partial charge in [0, 0.05) is 30.9 Å². The van der Waals surface area contributed by atoms with Gasteiger partial charge in [0.1, 0.15) is 0 Å². The number of hydrogen-bond donors (Lipinski definition) is 1. The Morgan fingerprint density at radius 3 is 2.61 bits per heavy atom. The SMILES string of the molecule is Cc1c(CNC(C)Cc2ccccc2)cnn1C. The van der Waals surface area contributed by atoms with Crippen molar-refractivity contribution < 1.29 is 0 Å². The summed E-state index contributed by atoms with van der Waals surface area (Å²) in [5.41, 5.74) is 3.88. The van der Waals surface area contributed by atoms with E-state index in [1.54, 1.807) is 0 Å². The van der Waals surface area contributed by atoms with Gasteiger partial charge in [-0.15, -0.1) is 0 Å². The zero-order valence-corrected chi connectivity index (χ0v) is 11.4. The van der Waals surface area contributed by atoms with Crippen molar-refractivity contribution in [1.82, 2.24) is 15.1 Å². The minimum absolute atomic E-state index is 0.465. The number of nitrogens with one attached hydrogen (secondary N) is 1. The summed E-state index contributed by atoms with van der Waals surface area (Å²) in [6.07, 6.45) is 3.00. The van der Waals surface area contributed by atoms with Crippen LogP contribution < -0.4 is 5.32 Å². The molecule has 0 bridgehead atoms. The summed E-state index contributed by atoms with van der Waals surface area (Å²) in [5, 5.41) is 7.80. The zero-order valence-electron chi connectivity index (χ0n) is 11.4. The maximum absolute atomic E-state index is 4.25. The molecule has 3 nitrogen and oxygen atoms in total. The van der Waals surface area contributed by atoms with Crippen molar-refractivity contribution in [1.29, 1.82) is 0 Å². The fourth-order valence-electron chi connectivity index (χ4n) is 2.04. The molecule has 1 unspecified atom stereocenters. The Morgan fingerprint density at radius 2 is 2.00 bits per heavy atom. The van der Waals surface area contributed by atoms with Gasteiger partial charge >= 0.3 is 0 Å². The topological polar surface area (TPSA) is 29.9 Å². The van der Waals surface area contributed by atoms with Crippen LogP contribution in [-0.4, -0.2) is 15.8 Å². The van der Waals surface area contributed by atoms with Crippen LogP contribution in [0.25, 0.3) is 0 Å². The molecule has 1 aromatic heterocycles. The molecule has 0 aliphatic heterocycles. The lowest BCUT2D eigenvalue weighted by atomic mass is 10.1. The van der Waals surface area contributed by atoms with Crippen molar-refractivity contribution in [2.45, 2.75) is 32.9 Å². The fourth-order valence-corrected chi connectivity index (χ4v) is 2.04. The van der Waals surface area contributed by atoms with Gasteiger partial charge in [0.2, 0.25) is 0 Å². The van der Waals surface area contributed by atoms with Crippen LogP contribution in [0.15, 0.2) is 36.5 Å². The number of hydrogen-bond acceptors (Lipinski definition) is 2. The number of aryl methyl sites for hydroxylation is 1. The Kier molecular flexibility index (Phi) is 4.15. The molecule has 1 heterocycles. The highest BCUT2D eigenvalue weighted by atomic mass is 15.3. The van der Waals surface area contributed by atoms with Gasteiger partial charge in [-0.05, 0) is 25.8 Å². The Labute approximate surface area is 109 Å². The quantitative estimate of drug-likeness (QED) is 0.874. The molecule has 0 spiro atoms. The van der Waals surface area contributed by atoms with E-state index in [0.29, 0.717) is 6.04 Å². The highest BCUT2D eigenvalue weighted by Crippen LogP contribution is 2.07. The average molecular weight is 243 g/mol. The Morgan fingerprint density at radius 1 is 1.28 bits per heavy atom. The maximum atomic E-state index is 4.25. The number of nitrogens with zero attached hydrogens (tertiary/aromatic N) is 2. The molecule has 0 saturated heterocycles. The van der Waals surface area contributed by atoms with Gasteiger partial charge in [-0.3, -0.25) is 4.68 Å². The van der Waals surface area contributed by atoms with Crippen molar-refractivity contribution in [3.05, 3.63) is 53.3 Å². The molecule has 2 aromatic rings. The van der Waals surface area contributed by atoms with Crippen LogP contribution in [0.1, 0.15) is 23.7 Å². The normalized spacial score (nSPS) is 12.6. The lowest BCUT2D eigenvalue weighted by Gasteiger charge is -2.13. The summed E-state index contributed by atoms with van der Waals surface area (Å²) in [6.45, 7) is 5.21. The van der Waals surface area contributed by atoms with Crippen LogP contribution >= 0.6 is 0 Å². The van der Waals surface area contributed by atoms with E-state index < -0.39 is 0 Å². The summed E-state index contributed by atoms with van der Waals surface area (Å²) in [4.78, 5) is 0. The van der Waals surface area contributed by atoms with Gasteiger partial charge < -0.3 is 5.32 Å². The van der Waals surface area contributed by atoms with Gasteiger partial charge in [-0.25, -0.2) is 0 Å². The molecule has 1 aromatic carbocycles. The van der Waals surface area contributed by atoms with E-state index >= 15 is 0 Å². The molecular weight excluding hydrogens is 222 g/mol. The molecule has 0 saturated carbocycles. The second-order valence-electron chi connectivity index (χ2n) is 4.85. The predicted molar refractivity (Wildman–Crippen MR) is 74.4 cm³/mol. The van der Waals surface area contributed by atoms with Crippen LogP contribution in [0.3, 0.4) is 0 Å². The van der Waals surface area contributed by atoms with Crippen LogP contribution in [0.4, 0.5) is 0 Å². The molecular formula is C15H21N3. The molecule has 0 aliphatic rings. The van der Waals surface area contributed by atoms with Crippen molar-refractivity contribution in [3.63, 3.8) is 0 Å². The van der Waals surface area contributed by atoms with Crippen molar-refractivity contribution in [2.24, 2.45) is 7.05 Å². The lowest BCUT2D eigenvalue weighted by molar-refractivity contribution is 0.544. The first-order chi connectivity index (χ1) is 8.66. The van der Waals surface area contributed by atoms with Crippen LogP contribution in [0.5, 0.6) is 0 Å². The molecule has 0 aliphatic carbocycles. The first kappa shape index (κ1) is 12.8. The van der Waals surface area contributed by atoms with Gasteiger partial charge in [-0.1, -0.05) is 30.3 Å². The molecule has 96 valence electrons. The van der Waals surface area contributed by atoms with E-state index in [0.717, 1.165) is 13.0 Å². The standard InChI is InChI=1S/C15H21N3/c1-12(9-14-7-5-4-6-8-14)16-10-15-11-17-18(3)13(15)2/h4-8,11-12,16H,9-10H2,1-3H3. The Bertz CT molecular complexity index is 488. The highest BCUT2D eigenvalue weighted by Gasteiger charge is 2.06. The maximum Gasteiger partial charge on any atom is 0.0537 e. The minimum Gasteiger partial charge on any atom is -0.310 e. The van der Waals surface area contributed by atoms with Crippen molar-refractivity contribution in [3.8, 4) is 0 Å². The number of rotatable bonds is 5. The molecule has 2 rings (SSSR count). The van der Waals surface area contributed by atoms with Crippen LogP contribution in [0, 0.1) is 6.92 Å². The van der Waals surface area contributed by atoms with Crippen LogP contribution in [-0.2, 0) is 20.0 Å². The summed E-state index contributed by atoms with van der Waals surface area (Å²) in [5.74, 6) is 0. The third-order valence-electron chi connectivity index (χ3n) is 3.36. The van der Waals surface area contributed by atoms with E-state index in [1.165, 1.54) is 16.8 Å². The largest absolute Gasteiger partial charge is 0.310 e. The van der Waals surface area contributed by atoms with E-state index in [9.17, 15) is 0 Å². The van der Waals surface area contributed by atoms with E-state index in [-0.39, 0.29) is 0 Å². The number of benzene rings is 1. The average Bonchev–Trinajstić information content (AvgIpc) is 2.69. The molecule has 0 amide bonds. The molecule has 1 N–H and O–H groups in total. The number of aromatic nitrogens is 2. The Hall–Kier alpha value is -1.61. The summed E-state index contributed by atoms with van der Waals surface area (Å²) < 4.78 is 1.92. The van der Waals surface area contributed by atoms with Crippen molar-refractivity contribution in [2.75, 3.05) is 0 Å². The predicted octanol–water partition coefficient (Wildman–Crippen LogP) is 2.45. The smallest absolute Gasteiger partial charge is 0.0537 e. The van der Waals surface area contributed by atoms with Gasteiger partial charge in [0.05, 0.1) is 6.20 Å². The summed E-state index contributed by atoms with van der Waals surface area (Å²) >= 11 is 0. The van der Waals surface area contributed by atoms with Gasteiger partial charge in [0.25, 0.3) is 0 Å². The summed E-state index contributed by atoms with van der Waals surface area (Å²) in [6, 6.07) is 11.1. The monoisotopic (exact) mass is 243 g/mol. The third-order valence-corrected chi connectivity index (χ3v) is 3.36. The minimum atomic E-state index is 0.465. The second kappa shape index (κ2) is 5.83. The molecule has 0 radical (unpaired) electrons. The molecule has 3 heteroatoms. The summed E-state index contributed by atoms with van der Waals surface area (Å²) in [7, 11) is 1.98. The van der Waals surface area contributed by atoms with E-state index in [4.69, 9.17) is 0 Å². The van der Waals surface area contributed by atoms with Gasteiger partial charge in [0.15, 0.2) is 0 Å². The van der Waals surface area contributed by atoms with Crippen LogP contribution in [0.2, 0.25) is 0 Å². The van der Waals surface area contributed by atoms with Gasteiger partial charge in [-0.2, -0.15) is 5.10 Å². The fraction of sp³-hybridized carbons (Fsp3) is 0.400. The second-order valence-corrected chi connectivity index (χ2v) is 4.85.